The van der Waals surface area contributed by atoms with Crippen LogP contribution in [-0.2, 0) is 0 Å². The standard InChI is InChI=1S/C17H12O/c1-2-5-15-12(4-1)10-14-11-13(7-8-16(14)15)17-6-3-9-18-17/h1-11,15H. The SMILES string of the molecule is C1=CC2=Cc3cc(-c4ccco4)ccc3C2C=C1. The van der Waals surface area contributed by atoms with Gasteiger partial charge in [0.25, 0.3) is 0 Å². The second-order valence-corrected chi connectivity index (χ2v) is 4.69. The molecule has 0 N–H and O–H groups in total. The van der Waals surface area contributed by atoms with E-state index in [1.165, 1.54) is 16.7 Å². The van der Waals surface area contributed by atoms with Crippen LogP contribution >= 0.6 is 0 Å². The molecule has 0 saturated heterocycles. The van der Waals surface area contributed by atoms with Gasteiger partial charge in [-0.05, 0) is 34.9 Å². The van der Waals surface area contributed by atoms with Gasteiger partial charge in [-0.2, -0.15) is 0 Å². The monoisotopic (exact) mass is 232 g/mol. The third-order valence-electron chi connectivity index (χ3n) is 3.61. The molecule has 2 aliphatic carbocycles. The first-order valence-corrected chi connectivity index (χ1v) is 6.16. The number of benzene rings is 1. The highest BCUT2D eigenvalue weighted by Gasteiger charge is 2.22. The van der Waals surface area contributed by atoms with E-state index < -0.39 is 0 Å². The summed E-state index contributed by atoms with van der Waals surface area (Å²) < 4.78 is 5.45. The molecule has 2 aromatic rings. The van der Waals surface area contributed by atoms with Gasteiger partial charge in [-0.15, -0.1) is 0 Å². The Morgan fingerprint density at radius 3 is 2.94 bits per heavy atom. The Labute approximate surface area is 106 Å². The molecule has 0 radical (unpaired) electrons. The van der Waals surface area contributed by atoms with E-state index in [-0.39, 0.29) is 0 Å². The van der Waals surface area contributed by atoms with Gasteiger partial charge in [0.2, 0.25) is 0 Å². The van der Waals surface area contributed by atoms with E-state index in [4.69, 9.17) is 4.42 Å². The van der Waals surface area contributed by atoms with E-state index in [0.29, 0.717) is 5.92 Å². The van der Waals surface area contributed by atoms with Crippen LogP contribution in [0, 0.1) is 0 Å². The van der Waals surface area contributed by atoms with Gasteiger partial charge < -0.3 is 4.42 Å². The molecule has 1 nitrogen and oxygen atoms in total. The lowest BCUT2D eigenvalue weighted by molar-refractivity contribution is 0.582. The van der Waals surface area contributed by atoms with Crippen molar-refractivity contribution in [3.63, 3.8) is 0 Å². The van der Waals surface area contributed by atoms with Crippen molar-refractivity contribution in [2.24, 2.45) is 0 Å². The number of rotatable bonds is 1. The summed E-state index contributed by atoms with van der Waals surface area (Å²) in [6.45, 7) is 0. The second-order valence-electron chi connectivity index (χ2n) is 4.69. The van der Waals surface area contributed by atoms with Crippen LogP contribution in [-0.4, -0.2) is 0 Å². The maximum Gasteiger partial charge on any atom is 0.133 e. The van der Waals surface area contributed by atoms with Crippen LogP contribution in [0.15, 0.2) is 70.9 Å². The average molecular weight is 232 g/mol. The lowest BCUT2D eigenvalue weighted by atomic mass is 9.92. The molecular formula is C17H12O. The lowest BCUT2D eigenvalue weighted by Crippen LogP contribution is -1.95. The van der Waals surface area contributed by atoms with Crippen LogP contribution in [0.3, 0.4) is 0 Å². The highest BCUT2D eigenvalue weighted by atomic mass is 16.3. The molecule has 1 aromatic carbocycles. The van der Waals surface area contributed by atoms with E-state index in [9.17, 15) is 0 Å². The lowest BCUT2D eigenvalue weighted by Gasteiger charge is -2.12. The molecule has 0 saturated carbocycles. The minimum Gasteiger partial charge on any atom is -0.464 e. The summed E-state index contributed by atoms with van der Waals surface area (Å²) in [6, 6.07) is 10.5. The Kier molecular flexibility index (Phi) is 1.95. The molecule has 1 atom stereocenters. The van der Waals surface area contributed by atoms with Crippen molar-refractivity contribution in [1.29, 1.82) is 0 Å². The Balaban J connectivity index is 1.85. The fourth-order valence-corrected chi connectivity index (χ4v) is 2.74. The molecule has 1 unspecified atom stereocenters. The maximum atomic E-state index is 5.45. The largest absolute Gasteiger partial charge is 0.464 e. The summed E-state index contributed by atoms with van der Waals surface area (Å²) in [7, 11) is 0. The first kappa shape index (κ1) is 9.72. The summed E-state index contributed by atoms with van der Waals surface area (Å²) in [5, 5.41) is 0. The zero-order chi connectivity index (χ0) is 11.9. The molecule has 18 heavy (non-hydrogen) atoms. The van der Waals surface area contributed by atoms with Crippen LogP contribution in [0.4, 0.5) is 0 Å². The van der Waals surface area contributed by atoms with E-state index in [1.807, 2.05) is 12.1 Å². The van der Waals surface area contributed by atoms with Crippen molar-refractivity contribution in [2.45, 2.75) is 5.92 Å². The maximum absolute atomic E-state index is 5.45. The molecule has 4 rings (SSSR count). The molecule has 1 heteroatoms. The number of allylic oxidation sites excluding steroid dienone is 5. The van der Waals surface area contributed by atoms with Crippen molar-refractivity contribution < 1.29 is 4.42 Å². The molecule has 1 heterocycles. The van der Waals surface area contributed by atoms with Gasteiger partial charge in [0.15, 0.2) is 0 Å². The molecule has 0 fully saturated rings. The fourth-order valence-electron chi connectivity index (χ4n) is 2.74. The Morgan fingerprint density at radius 1 is 1.06 bits per heavy atom. The first-order valence-electron chi connectivity index (χ1n) is 6.16. The van der Waals surface area contributed by atoms with E-state index in [2.05, 4.69) is 48.6 Å². The topological polar surface area (TPSA) is 13.1 Å². The third-order valence-corrected chi connectivity index (χ3v) is 3.61. The molecule has 1 aromatic heterocycles. The van der Waals surface area contributed by atoms with Crippen molar-refractivity contribution in [3.05, 3.63) is 77.6 Å². The van der Waals surface area contributed by atoms with Crippen molar-refractivity contribution in [3.8, 4) is 11.3 Å². The van der Waals surface area contributed by atoms with Crippen LogP contribution in [0.5, 0.6) is 0 Å². The second kappa shape index (κ2) is 3.61. The fraction of sp³-hybridized carbons (Fsp3) is 0.0588. The normalized spacial score (nSPS) is 19.6. The molecule has 2 aliphatic rings. The van der Waals surface area contributed by atoms with Gasteiger partial charge in [0.1, 0.15) is 5.76 Å². The van der Waals surface area contributed by atoms with Crippen molar-refractivity contribution >= 4 is 6.08 Å². The number of hydrogen-bond acceptors (Lipinski definition) is 1. The van der Waals surface area contributed by atoms with E-state index in [1.54, 1.807) is 6.26 Å². The zero-order valence-corrected chi connectivity index (χ0v) is 9.84. The summed E-state index contributed by atoms with van der Waals surface area (Å²) in [5.74, 6) is 1.37. The number of hydrogen-bond donors (Lipinski definition) is 0. The third kappa shape index (κ3) is 1.34. The molecule has 0 bridgehead atoms. The number of furan rings is 1. The number of fused-ring (bicyclic) bond motifs is 3. The van der Waals surface area contributed by atoms with Crippen LogP contribution in [0.25, 0.3) is 17.4 Å². The molecular weight excluding hydrogens is 220 g/mol. The predicted octanol–water partition coefficient (Wildman–Crippen LogP) is 4.55. The summed E-state index contributed by atoms with van der Waals surface area (Å²) in [4.78, 5) is 0. The first-order chi connectivity index (χ1) is 8.92. The molecule has 0 spiro atoms. The minimum atomic E-state index is 0.440. The highest BCUT2D eigenvalue weighted by Crippen LogP contribution is 2.40. The van der Waals surface area contributed by atoms with E-state index in [0.717, 1.165) is 11.3 Å². The van der Waals surface area contributed by atoms with Gasteiger partial charge in [0.05, 0.1) is 6.26 Å². The van der Waals surface area contributed by atoms with Gasteiger partial charge >= 0.3 is 0 Å². The predicted molar refractivity (Wildman–Crippen MR) is 73.1 cm³/mol. The smallest absolute Gasteiger partial charge is 0.133 e. The van der Waals surface area contributed by atoms with Crippen molar-refractivity contribution in [1.82, 2.24) is 0 Å². The molecule has 0 amide bonds. The van der Waals surface area contributed by atoms with E-state index >= 15 is 0 Å². The van der Waals surface area contributed by atoms with Crippen LogP contribution in [0.1, 0.15) is 17.0 Å². The van der Waals surface area contributed by atoms with Gasteiger partial charge in [-0.25, -0.2) is 0 Å². The average Bonchev–Trinajstić information content (AvgIpc) is 3.05. The summed E-state index contributed by atoms with van der Waals surface area (Å²) in [6.07, 6.45) is 12.7. The minimum absolute atomic E-state index is 0.440. The van der Waals surface area contributed by atoms with Gasteiger partial charge in [-0.1, -0.05) is 42.5 Å². The van der Waals surface area contributed by atoms with Gasteiger partial charge in [0, 0.05) is 11.5 Å². The van der Waals surface area contributed by atoms with Crippen LogP contribution in [0.2, 0.25) is 0 Å². The van der Waals surface area contributed by atoms with Crippen molar-refractivity contribution in [2.75, 3.05) is 0 Å². The molecule has 0 aliphatic heterocycles. The Bertz CT molecular complexity index is 684. The Morgan fingerprint density at radius 2 is 2.06 bits per heavy atom. The summed E-state index contributed by atoms with van der Waals surface area (Å²) in [5.41, 5.74) is 5.22. The van der Waals surface area contributed by atoms with Gasteiger partial charge in [-0.3, -0.25) is 0 Å². The van der Waals surface area contributed by atoms with Crippen LogP contribution < -0.4 is 0 Å². The molecule has 86 valence electrons. The Hall–Kier alpha value is -2.28. The quantitative estimate of drug-likeness (QED) is 0.702. The zero-order valence-electron chi connectivity index (χ0n) is 9.84. The highest BCUT2D eigenvalue weighted by molar-refractivity contribution is 5.75. The summed E-state index contributed by atoms with van der Waals surface area (Å²) >= 11 is 0.